The van der Waals surface area contributed by atoms with Crippen LogP contribution in [0.5, 0.6) is 0 Å². The summed E-state index contributed by atoms with van der Waals surface area (Å²) in [4.78, 5) is 20.7. The molecule has 1 N–H and O–H groups in total. The Kier molecular flexibility index (Phi) is 3.64. The Morgan fingerprint density at radius 2 is 2.13 bits per heavy atom. The highest BCUT2D eigenvalue weighted by atomic mass is 16.2. The van der Waals surface area contributed by atoms with Gasteiger partial charge in [-0.2, -0.15) is 0 Å². The number of likely N-dealkylation sites (tertiary alicyclic amines) is 2. The molecule has 2 aliphatic heterocycles. The Hall–Kier alpha value is -1.81. The normalized spacial score (nSPS) is 25.5. The van der Waals surface area contributed by atoms with E-state index in [1.165, 1.54) is 19.4 Å². The molecule has 0 saturated carbocycles. The van der Waals surface area contributed by atoms with Crippen LogP contribution in [0.25, 0.3) is 10.9 Å². The number of nitrogens with one attached hydrogen (secondary N) is 1. The third-order valence-electron chi connectivity index (χ3n) is 5.71. The second-order valence-corrected chi connectivity index (χ2v) is 7.23. The Morgan fingerprint density at radius 3 is 3.00 bits per heavy atom. The van der Waals surface area contributed by atoms with Crippen molar-refractivity contribution in [3.05, 3.63) is 36.0 Å². The van der Waals surface area contributed by atoms with Gasteiger partial charge in [0.2, 0.25) is 0 Å². The molecule has 4 heteroatoms. The van der Waals surface area contributed by atoms with Crippen molar-refractivity contribution in [3.8, 4) is 0 Å². The first-order chi connectivity index (χ1) is 11.2. The third-order valence-corrected chi connectivity index (χ3v) is 5.71. The van der Waals surface area contributed by atoms with Crippen molar-refractivity contribution in [1.82, 2.24) is 14.8 Å². The van der Waals surface area contributed by atoms with Gasteiger partial charge in [-0.1, -0.05) is 6.92 Å². The lowest BCUT2D eigenvalue weighted by Crippen LogP contribution is -2.45. The fourth-order valence-corrected chi connectivity index (χ4v) is 4.39. The molecule has 1 spiro atoms. The lowest BCUT2D eigenvalue weighted by molar-refractivity contribution is 0.0699. The Labute approximate surface area is 137 Å². The maximum atomic E-state index is 12.9. The van der Waals surface area contributed by atoms with E-state index in [0.29, 0.717) is 5.41 Å². The van der Waals surface area contributed by atoms with E-state index >= 15 is 0 Å². The Morgan fingerprint density at radius 1 is 1.22 bits per heavy atom. The Bertz CT molecular complexity index is 722. The molecule has 0 aliphatic carbocycles. The van der Waals surface area contributed by atoms with Crippen LogP contribution in [-0.4, -0.2) is 53.4 Å². The van der Waals surface area contributed by atoms with Crippen molar-refractivity contribution in [1.29, 1.82) is 0 Å². The molecule has 1 amide bonds. The highest BCUT2D eigenvalue weighted by Crippen LogP contribution is 2.39. The molecular formula is C19H25N3O. The van der Waals surface area contributed by atoms with E-state index in [4.69, 9.17) is 0 Å². The van der Waals surface area contributed by atoms with Crippen LogP contribution in [0.4, 0.5) is 0 Å². The maximum absolute atomic E-state index is 12.9. The number of aromatic nitrogens is 1. The summed E-state index contributed by atoms with van der Waals surface area (Å²) < 4.78 is 0. The lowest BCUT2D eigenvalue weighted by Gasteiger charge is -2.40. The first-order valence-electron chi connectivity index (χ1n) is 8.78. The quantitative estimate of drug-likeness (QED) is 0.925. The van der Waals surface area contributed by atoms with Gasteiger partial charge < -0.3 is 14.8 Å². The summed E-state index contributed by atoms with van der Waals surface area (Å²) in [7, 11) is 0. The van der Waals surface area contributed by atoms with E-state index in [0.717, 1.165) is 49.1 Å². The molecule has 1 unspecified atom stereocenters. The number of fused-ring (bicyclic) bond motifs is 1. The number of benzene rings is 1. The van der Waals surface area contributed by atoms with Gasteiger partial charge >= 0.3 is 0 Å². The minimum Gasteiger partial charge on any atom is -0.361 e. The first kappa shape index (κ1) is 14.8. The summed E-state index contributed by atoms with van der Waals surface area (Å²) in [6.45, 7) is 7.57. The average molecular weight is 311 g/mol. The standard InChI is InChI=1S/C19H25N3O/c1-2-21-10-3-7-19(13-21)8-11-22(14-19)18(23)16-4-5-17-15(12-16)6-9-20-17/h4-6,9,12,20H,2-3,7-8,10-11,13-14H2,1H3. The number of aromatic amines is 1. The number of piperidine rings is 1. The fraction of sp³-hybridized carbons (Fsp3) is 0.526. The molecule has 0 bridgehead atoms. The van der Waals surface area contributed by atoms with Gasteiger partial charge in [0.25, 0.3) is 5.91 Å². The highest BCUT2D eigenvalue weighted by molar-refractivity contribution is 5.98. The van der Waals surface area contributed by atoms with E-state index in [-0.39, 0.29) is 5.91 Å². The SMILES string of the molecule is CCN1CCCC2(CCN(C(=O)c3ccc4[nH]ccc4c3)C2)C1. The Balaban J connectivity index is 1.51. The predicted molar refractivity (Wildman–Crippen MR) is 92.6 cm³/mol. The molecule has 1 aromatic heterocycles. The number of H-pyrrole nitrogens is 1. The van der Waals surface area contributed by atoms with Crippen LogP contribution in [0.3, 0.4) is 0 Å². The summed E-state index contributed by atoms with van der Waals surface area (Å²) in [5, 5.41) is 1.11. The van der Waals surface area contributed by atoms with Gasteiger partial charge in [0.1, 0.15) is 0 Å². The number of hydrogen-bond acceptors (Lipinski definition) is 2. The van der Waals surface area contributed by atoms with Crippen LogP contribution in [-0.2, 0) is 0 Å². The zero-order chi connectivity index (χ0) is 15.9. The molecule has 2 fully saturated rings. The van der Waals surface area contributed by atoms with E-state index in [1.807, 2.05) is 30.5 Å². The predicted octanol–water partition coefficient (Wildman–Crippen LogP) is 3.12. The van der Waals surface area contributed by atoms with Crippen LogP contribution < -0.4 is 0 Å². The summed E-state index contributed by atoms with van der Waals surface area (Å²) in [5.74, 6) is 0.193. The molecule has 4 nitrogen and oxygen atoms in total. The van der Waals surface area contributed by atoms with Gasteiger partial charge in [0.05, 0.1) is 0 Å². The van der Waals surface area contributed by atoms with E-state index in [9.17, 15) is 4.79 Å². The number of nitrogens with zero attached hydrogens (tertiary/aromatic N) is 2. The summed E-state index contributed by atoms with van der Waals surface area (Å²) in [6, 6.07) is 8.00. The topological polar surface area (TPSA) is 39.3 Å². The van der Waals surface area contributed by atoms with Crippen LogP contribution in [0.2, 0.25) is 0 Å². The molecule has 2 saturated heterocycles. The summed E-state index contributed by atoms with van der Waals surface area (Å²) in [5.41, 5.74) is 2.24. The van der Waals surface area contributed by atoms with Crippen LogP contribution >= 0.6 is 0 Å². The number of rotatable bonds is 2. The highest BCUT2D eigenvalue weighted by Gasteiger charge is 2.42. The number of carbonyl (C=O) groups excluding carboxylic acids is 1. The van der Waals surface area contributed by atoms with E-state index in [1.54, 1.807) is 0 Å². The van der Waals surface area contributed by atoms with Gasteiger partial charge in [-0.25, -0.2) is 0 Å². The molecule has 1 atom stereocenters. The molecule has 2 aromatic rings. The molecule has 0 radical (unpaired) electrons. The average Bonchev–Trinajstić information content (AvgIpc) is 3.20. The molecule has 3 heterocycles. The van der Waals surface area contributed by atoms with Crippen molar-refractivity contribution in [3.63, 3.8) is 0 Å². The van der Waals surface area contributed by atoms with E-state index in [2.05, 4.69) is 21.7 Å². The van der Waals surface area contributed by atoms with Crippen molar-refractivity contribution in [2.45, 2.75) is 26.2 Å². The van der Waals surface area contributed by atoms with E-state index < -0.39 is 0 Å². The zero-order valence-corrected chi connectivity index (χ0v) is 13.8. The van der Waals surface area contributed by atoms with Gasteiger partial charge in [-0.15, -0.1) is 0 Å². The second-order valence-electron chi connectivity index (χ2n) is 7.23. The van der Waals surface area contributed by atoms with Crippen molar-refractivity contribution >= 4 is 16.8 Å². The van der Waals surface area contributed by atoms with Gasteiger partial charge in [0, 0.05) is 47.7 Å². The molecule has 4 rings (SSSR count). The molecule has 1 aromatic carbocycles. The largest absolute Gasteiger partial charge is 0.361 e. The van der Waals surface area contributed by atoms with Gasteiger partial charge in [-0.05, 0) is 56.6 Å². The van der Waals surface area contributed by atoms with Crippen molar-refractivity contribution < 1.29 is 4.79 Å². The minimum atomic E-state index is 0.193. The molecular weight excluding hydrogens is 286 g/mol. The summed E-state index contributed by atoms with van der Waals surface area (Å²) in [6.07, 6.45) is 5.61. The molecule has 122 valence electrons. The van der Waals surface area contributed by atoms with Crippen LogP contribution in [0, 0.1) is 5.41 Å². The van der Waals surface area contributed by atoms with Crippen LogP contribution in [0.15, 0.2) is 30.5 Å². The number of amides is 1. The van der Waals surface area contributed by atoms with Crippen LogP contribution in [0.1, 0.15) is 36.5 Å². The zero-order valence-electron chi connectivity index (χ0n) is 13.8. The third kappa shape index (κ3) is 2.65. The van der Waals surface area contributed by atoms with Gasteiger partial charge in [0.15, 0.2) is 0 Å². The monoisotopic (exact) mass is 311 g/mol. The maximum Gasteiger partial charge on any atom is 0.253 e. The first-order valence-corrected chi connectivity index (χ1v) is 8.78. The lowest BCUT2D eigenvalue weighted by atomic mass is 9.79. The minimum absolute atomic E-state index is 0.193. The number of carbonyl (C=O) groups is 1. The smallest absolute Gasteiger partial charge is 0.253 e. The van der Waals surface area contributed by atoms with Crippen molar-refractivity contribution in [2.75, 3.05) is 32.7 Å². The van der Waals surface area contributed by atoms with Crippen molar-refractivity contribution in [2.24, 2.45) is 5.41 Å². The fourth-order valence-electron chi connectivity index (χ4n) is 4.39. The molecule has 23 heavy (non-hydrogen) atoms. The van der Waals surface area contributed by atoms with Gasteiger partial charge in [-0.3, -0.25) is 4.79 Å². The summed E-state index contributed by atoms with van der Waals surface area (Å²) >= 11 is 0. The number of hydrogen-bond donors (Lipinski definition) is 1. The molecule has 2 aliphatic rings. The second kappa shape index (κ2) is 5.68.